The normalized spacial score (nSPS) is 30.1. The van der Waals surface area contributed by atoms with Gasteiger partial charge in [-0.15, -0.1) is 0 Å². The molecule has 0 unspecified atom stereocenters. The SMILES string of the molecule is O=C(CCCNC(=O)C12CC3CC(CC(C3)C1)C2)NCCOc1ccccc1. The standard InChI is InChI=1S/C23H32N2O3/c26-21(24-9-10-28-20-5-2-1-3-6-20)7-4-8-25-22(27)23-14-17-11-18(15-23)13-19(12-17)16-23/h1-3,5-6,17-19H,4,7-16H2,(H,24,26)(H,25,27). The van der Waals surface area contributed by atoms with E-state index in [1.807, 2.05) is 30.3 Å². The van der Waals surface area contributed by atoms with Gasteiger partial charge in [-0.05, 0) is 74.8 Å². The second-order valence-electron chi connectivity index (χ2n) is 9.07. The Kier molecular flexibility index (Phi) is 5.88. The molecule has 0 heterocycles. The van der Waals surface area contributed by atoms with Crippen LogP contribution in [0, 0.1) is 23.2 Å². The maximum absolute atomic E-state index is 12.9. The highest BCUT2D eigenvalue weighted by atomic mass is 16.5. The summed E-state index contributed by atoms with van der Waals surface area (Å²) in [6, 6.07) is 9.58. The molecular weight excluding hydrogens is 352 g/mol. The molecule has 4 fully saturated rings. The third-order valence-electron chi connectivity index (χ3n) is 6.82. The van der Waals surface area contributed by atoms with Gasteiger partial charge in [0.25, 0.3) is 0 Å². The van der Waals surface area contributed by atoms with Crippen LogP contribution < -0.4 is 15.4 Å². The molecular formula is C23H32N2O3. The number of hydrogen-bond acceptors (Lipinski definition) is 3. The summed E-state index contributed by atoms with van der Waals surface area (Å²) in [7, 11) is 0. The van der Waals surface area contributed by atoms with Crippen LogP contribution in [0.4, 0.5) is 0 Å². The van der Waals surface area contributed by atoms with Crippen molar-refractivity contribution < 1.29 is 14.3 Å². The first-order valence-electron chi connectivity index (χ1n) is 10.9. The van der Waals surface area contributed by atoms with Crippen molar-refractivity contribution in [3.63, 3.8) is 0 Å². The van der Waals surface area contributed by atoms with Crippen LogP contribution in [0.1, 0.15) is 51.4 Å². The summed E-state index contributed by atoms with van der Waals surface area (Å²) < 4.78 is 5.56. The Labute approximate surface area is 167 Å². The fraction of sp³-hybridized carbons (Fsp3) is 0.652. The minimum atomic E-state index is -0.0915. The summed E-state index contributed by atoms with van der Waals surface area (Å²) >= 11 is 0. The molecule has 2 amide bonds. The number of benzene rings is 1. The Morgan fingerprint density at radius 2 is 1.57 bits per heavy atom. The molecule has 5 nitrogen and oxygen atoms in total. The molecule has 1 aromatic carbocycles. The maximum atomic E-state index is 12.9. The van der Waals surface area contributed by atoms with Crippen LogP contribution in [0.15, 0.2) is 30.3 Å². The maximum Gasteiger partial charge on any atom is 0.226 e. The number of carbonyl (C=O) groups is 2. The van der Waals surface area contributed by atoms with Crippen molar-refractivity contribution in [1.82, 2.24) is 10.6 Å². The molecule has 1 aromatic rings. The zero-order valence-corrected chi connectivity index (χ0v) is 16.6. The lowest BCUT2D eigenvalue weighted by Crippen LogP contribution is -2.53. The topological polar surface area (TPSA) is 67.4 Å². The minimum Gasteiger partial charge on any atom is -0.492 e. The number of rotatable bonds is 9. The van der Waals surface area contributed by atoms with Gasteiger partial charge in [0, 0.05) is 18.4 Å². The Bertz CT molecular complexity index is 653. The first kappa shape index (κ1) is 19.3. The number of hydrogen-bond donors (Lipinski definition) is 2. The molecule has 5 heteroatoms. The molecule has 0 atom stereocenters. The van der Waals surface area contributed by atoms with E-state index in [0.717, 1.165) is 42.8 Å². The van der Waals surface area contributed by atoms with Crippen LogP contribution in [0.3, 0.4) is 0 Å². The summed E-state index contributed by atoms with van der Waals surface area (Å²) in [6.07, 6.45) is 8.43. The smallest absolute Gasteiger partial charge is 0.226 e. The zero-order chi connectivity index (χ0) is 19.4. The van der Waals surface area contributed by atoms with Crippen molar-refractivity contribution in [2.45, 2.75) is 51.4 Å². The van der Waals surface area contributed by atoms with Gasteiger partial charge < -0.3 is 15.4 Å². The summed E-state index contributed by atoms with van der Waals surface area (Å²) in [5, 5.41) is 6.01. The summed E-state index contributed by atoms with van der Waals surface area (Å²) in [6.45, 7) is 1.54. The van der Waals surface area contributed by atoms with E-state index in [2.05, 4.69) is 10.6 Å². The van der Waals surface area contributed by atoms with Crippen molar-refractivity contribution >= 4 is 11.8 Å². The molecule has 0 spiro atoms. The lowest BCUT2D eigenvalue weighted by molar-refractivity contribution is -0.146. The van der Waals surface area contributed by atoms with E-state index in [9.17, 15) is 9.59 Å². The van der Waals surface area contributed by atoms with Gasteiger partial charge in [-0.2, -0.15) is 0 Å². The van der Waals surface area contributed by atoms with E-state index in [1.165, 1.54) is 19.3 Å². The van der Waals surface area contributed by atoms with Gasteiger partial charge in [0.05, 0.1) is 6.54 Å². The third-order valence-corrected chi connectivity index (χ3v) is 6.82. The first-order chi connectivity index (χ1) is 13.6. The Balaban J connectivity index is 1.10. The number of nitrogens with one attached hydrogen (secondary N) is 2. The molecule has 5 rings (SSSR count). The van der Waals surface area contributed by atoms with Gasteiger partial charge in [-0.3, -0.25) is 9.59 Å². The lowest BCUT2D eigenvalue weighted by Gasteiger charge is -2.55. The van der Waals surface area contributed by atoms with Crippen molar-refractivity contribution in [2.75, 3.05) is 19.7 Å². The van der Waals surface area contributed by atoms with Gasteiger partial charge in [0.15, 0.2) is 0 Å². The molecule has 0 saturated heterocycles. The monoisotopic (exact) mass is 384 g/mol. The molecule has 4 bridgehead atoms. The zero-order valence-electron chi connectivity index (χ0n) is 16.6. The number of para-hydroxylation sites is 1. The molecule has 2 N–H and O–H groups in total. The van der Waals surface area contributed by atoms with Gasteiger partial charge in [-0.25, -0.2) is 0 Å². The molecule has 4 saturated carbocycles. The fourth-order valence-electron chi connectivity index (χ4n) is 5.99. The van der Waals surface area contributed by atoms with E-state index in [0.29, 0.717) is 32.5 Å². The molecule has 28 heavy (non-hydrogen) atoms. The number of carbonyl (C=O) groups excluding carboxylic acids is 2. The van der Waals surface area contributed by atoms with Crippen LogP contribution in [0.2, 0.25) is 0 Å². The van der Waals surface area contributed by atoms with Gasteiger partial charge in [-0.1, -0.05) is 18.2 Å². The minimum absolute atomic E-state index is 0.0146. The molecule has 4 aliphatic rings. The predicted octanol–water partition coefficient (Wildman–Crippen LogP) is 3.29. The quantitative estimate of drug-likeness (QED) is 0.642. The van der Waals surface area contributed by atoms with Crippen LogP contribution >= 0.6 is 0 Å². The predicted molar refractivity (Wildman–Crippen MR) is 108 cm³/mol. The fourth-order valence-corrected chi connectivity index (χ4v) is 5.99. The van der Waals surface area contributed by atoms with Gasteiger partial charge in [0.2, 0.25) is 11.8 Å². The van der Waals surface area contributed by atoms with E-state index < -0.39 is 0 Å². The van der Waals surface area contributed by atoms with Crippen LogP contribution in [-0.2, 0) is 9.59 Å². The highest BCUT2D eigenvalue weighted by Crippen LogP contribution is 2.60. The molecule has 0 radical (unpaired) electrons. The summed E-state index contributed by atoms with van der Waals surface area (Å²) in [4.78, 5) is 24.8. The van der Waals surface area contributed by atoms with Gasteiger partial charge >= 0.3 is 0 Å². The van der Waals surface area contributed by atoms with E-state index >= 15 is 0 Å². The number of amides is 2. The largest absolute Gasteiger partial charge is 0.492 e. The average molecular weight is 385 g/mol. The van der Waals surface area contributed by atoms with Crippen molar-refractivity contribution in [3.05, 3.63) is 30.3 Å². The van der Waals surface area contributed by atoms with Crippen LogP contribution in [0.25, 0.3) is 0 Å². The van der Waals surface area contributed by atoms with Crippen molar-refractivity contribution in [1.29, 1.82) is 0 Å². The summed E-state index contributed by atoms with van der Waals surface area (Å²) in [5.74, 6) is 3.41. The van der Waals surface area contributed by atoms with Crippen molar-refractivity contribution in [3.8, 4) is 5.75 Å². The van der Waals surface area contributed by atoms with E-state index in [-0.39, 0.29) is 17.2 Å². The third kappa shape index (κ3) is 4.50. The molecule has 152 valence electrons. The molecule has 0 aromatic heterocycles. The second kappa shape index (κ2) is 8.54. The van der Waals surface area contributed by atoms with Crippen molar-refractivity contribution in [2.24, 2.45) is 23.2 Å². The molecule has 0 aliphatic heterocycles. The number of ether oxygens (including phenoxy) is 1. The Hall–Kier alpha value is -2.04. The second-order valence-corrected chi connectivity index (χ2v) is 9.07. The van der Waals surface area contributed by atoms with E-state index in [1.54, 1.807) is 0 Å². The average Bonchev–Trinajstić information content (AvgIpc) is 2.68. The van der Waals surface area contributed by atoms with Crippen LogP contribution in [0.5, 0.6) is 5.75 Å². The van der Waals surface area contributed by atoms with Crippen LogP contribution in [-0.4, -0.2) is 31.5 Å². The van der Waals surface area contributed by atoms with Gasteiger partial charge in [0.1, 0.15) is 12.4 Å². The highest BCUT2D eigenvalue weighted by molar-refractivity contribution is 5.83. The highest BCUT2D eigenvalue weighted by Gasteiger charge is 2.54. The first-order valence-corrected chi connectivity index (χ1v) is 10.9. The molecule has 4 aliphatic carbocycles. The summed E-state index contributed by atoms with van der Waals surface area (Å²) in [5.41, 5.74) is -0.0915. The Morgan fingerprint density at radius 3 is 2.21 bits per heavy atom. The van der Waals surface area contributed by atoms with E-state index in [4.69, 9.17) is 4.74 Å². The lowest BCUT2D eigenvalue weighted by atomic mass is 9.49. The Morgan fingerprint density at radius 1 is 0.929 bits per heavy atom.